The Morgan fingerprint density at radius 3 is 2.91 bits per heavy atom. The highest BCUT2D eigenvalue weighted by Gasteiger charge is 2.32. The molecule has 4 heterocycles. The topological polar surface area (TPSA) is 66.5 Å². The van der Waals surface area contributed by atoms with E-state index in [0.717, 1.165) is 82.1 Å². The number of hydrogen-bond acceptors (Lipinski definition) is 5. The number of piperidine rings is 1. The third-order valence-electron chi connectivity index (χ3n) is 7.16. The second kappa shape index (κ2) is 9.34. The molecule has 1 aromatic carbocycles. The molecule has 0 spiro atoms. The Kier molecular flexibility index (Phi) is 6.28. The van der Waals surface area contributed by atoms with Crippen LogP contribution in [0.3, 0.4) is 0 Å². The van der Waals surface area contributed by atoms with Crippen LogP contribution in [0.1, 0.15) is 55.5 Å². The Labute approximate surface area is 197 Å². The van der Waals surface area contributed by atoms with Crippen LogP contribution in [0.5, 0.6) is 5.75 Å². The lowest BCUT2D eigenvalue weighted by Crippen LogP contribution is -2.38. The van der Waals surface area contributed by atoms with Gasteiger partial charge in [0.15, 0.2) is 0 Å². The zero-order valence-corrected chi connectivity index (χ0v) is 20.0. The molecule has 6 heteroatoms. The van der Waals surface area contributed by atoms with Crippen molar-refractivity contribution in [2.24, 2.45) is 5.92 Å². The van der Waals surface area contributed by atoms with Gasteiger partial charge in [-0.3, -0.25) is 9.69 Å². The summed E-state index contributed by atoms with van der Waals surface area (Å²) in [5.74, 6) is 2.67. The van der Waals surface area contributed by atoms with E-state index in [9.17, 15) is 4.79 Å². The molecule has 0 aliphatic carbocycles. The fraction of sp³-hybridized carbons (Fsp3) is 0.556. The Hall–Kier alpha value is -2.60. The predicted molar refractivity (Wildman–Crippen MR) is 131 cm³/mol. The number of para-hydroxylation sites is 1. The van der Waals surface area contributed by atoms with Crippen LogP contribution >= 0.6 is 0 Å². The number of rotatable bonds is 6. The van der Waals surface area contributed by atoms with Gasteiger partial charge in [0, 0.05) is 31.6 Å². The molecule has 33 heavy (non-hydrogen) atoms. The lowest BCUT2D eigenvalue weighted by atomic mass is 9.96. The van der Waals surface area contributed by atoms with Crippen molar-refractivity contribution in [3.63, 3.8) is 0 Å². The monoisotopic (exact) mass is 448 g/mol. The van der Waals surface area contributed by atoms with Gasteiger partial charge in [-0.1, -0.05) is 24.3 Å². The van der Waals surface area contributed by atoms with E-state index in [0.29, 0.717) is 12.3 Å². The number of fused-ring (bicyclic) bond motifs is 2. The first-order chi connectivity index (χ1) is 15.9. The number of carbonyl (C=O) groups excluding carboxylic acids is 1. The molecule has 0 saturated carbocycles. The molecular weight excluding hydrogens is 412 g/mol. The van der Waals surface area contributed by atoms with Crippen molar-refractivity contribution in [2.45, 2.75) is 64.5 Å². The van der Waals surface area contributed by atoms with Crippen LogP contribution in [0, 0.1) is 5.92 Å². The van der Waals surface area contributed by atoms with E-state index in [-0.39, 0.29) is 11.5 Å². The quantitative estimate of drug-likeness (QED) is 0.705. The highest BCUT2D eigenvalue weighted by molar-refractivity contribution is 5.78. The molecule has 1 amide bonds. The summed E-state index contributed by atoms with van der Waals surface area (Å²) in [6.07, 6.45) is 5.77. The van der Waals surface area contributed by atoms with Gasteiger partial charge in [0.05, 0.1) is 12.1 Å². The summed E-state index contributed by atoms with van der Waals surface area (Å²) in [5.41, 5.74) is 4.63. The molecule has 1 fully saturated rings. The van der Waals surface area contributed by atoms with Gasteiger partial charge in [0.25, 0.3) is 0 Å². The van der Waals surface area contributed by atoms with E-state index in [1.807, 2.05) is 6.07 Å². The van der Waals surface area contributed by atoms with Crippen molar-refractivity contribution in [1.29, 1.82) is 0 Å². The highest BCUT2D eigenvalue weighted by Crippen LogP contribution is 2.38. The van der Waals surface area contributed by atoms with E-state index in [2.05, 4.69) is 58.6 Å². The van der Waals surface area contributed by atoms with Crippen LogP contribution in [0.15, 0.2) is 30.3 Å². The Morgan fingerprint density at radius 1 is 1.21 bits per heavy atom. The third kappa shape index (κ3) is 5.32. The molecule has 6 nitrogen and oxygen atoms in total. The molecule has 3 aliphatic heterocycles. The molecule has 0 unspecified atom stereocenters. The lowest BCUT2D eigenvalue weighted by molar-refractivity contribution is -0.120. The molecule has 2 N–H and O–H groups in total. The first-order valence-electron chi connectivity index (χ1n) is 12.5. The number of nitrogens with zero attached hydrogens (tertiary/aromatic N) is 2. The van der Waals surface area contributed by atoms with Gasteiger partial charge in [-0.05, 0) is 75.7 Å². The first kappa shape index (κ1) is 22.2. The van der Waals surface area contributed by atoms with Crippen molar-refractivity contribution in [3.8, 4) is 5.75 Å². The van der Waals surface area contributed by atoms with Crippen molar-refractivity contribution in [1.82, 2.24) is 15.2 Å². The number of aromatic nitrogens is 1. The maximum absolute atomic E-state index is 12.5. The van der Waals surface area contributed by atoms with Gasteiger partial charge >= 0.3 is 0 Å². The number of amides is 1. The minimum absolute atomic E-state index is 0.0697. The smallest absolute Gasteiger partial charge is 0.226 e. The molecule has 176 valence electrons. The molecule has 5 rings (SSSR count). The largest absolute Gasteiger partial charge is 0.487 e. The SMILES string of the molecule is CC1(C)Cc2cccc(CN3CCC(CNC(=O)Cc4ccc5c(n4)NCCC5)CC3)c2O1. The van der Waals surface area contributed by atoms with E-state index >= 15 is 0 Å². The summed E-state index contributed by atoms with van der Waals surface area (Å²) in [6.45, 7) is 9.11. The molecule has 3 aliphatic rings. The zero-order valence-electron chi connectivity index (χ0n) is 20.0. The lowest BCUT2D eigenvalue weighted by Gasteiger charge is -2.32. The Bertz CT molecular complexity index is 1010. The number of aryl methyl sites for hydroxylation is 1. The molecule has 0 radical (unpaired) electrons. The van der Waals surface area contributed by atoms with Crippen LogP contribution in [0.2, 0.25) is 0 Å². The van der Waals surface area contributed by atoms with Crippen molar-refractivity contribution >= 4 is 11.7 Å². The van der Waals surface area contributed by atoms with Crippen molar-refractivity contribution < 1.29 is 9.53 Å². The number of ether oxygens (including phenoxy) is 1. The van der Waals surface area contributed by atoms with Crippen molar-refractivity contribution in [3.05, 3.63) is 52.7 Å². The highest BCUT2D eigenvalue weighted by atomic mass is 16.5. The number of anilines is 1. The zero-order chi connectivity index (χ0) is 22.8. The Morgan fingerprint density at radius 2 is 2.06 bits per heavy atom. The van der Waals surface area contributed by atoms with E-state index in [1.165, 1.54) is 16.7 Å². The van der Waals surface area contributed by atoms with Crippen molar-refractivity contribution in [2.75, 3.05) is 31.5 Å². The second-order valence-corrected chi connectivity index (χ2v) is 10.5. The Balaban J connectivity index is 1.07. The fourth-order valence-electron chi connectivity index (χ4n) is 5.35. The second-order valence-electron chi connectivity index (χ2n) is 10.5. The number of hydrogen-bond donors (Lipinski definition) is 2. The molecule has 1 saturated heterocycles. The van der Waals surface area contributed by atoms with Gasteiger partial charge in [-0.25, -0.2) is 4.98 Å². The van der Waals surface area contributed by atoms with Crippen LogP contribution in [-0.4, -0.2) is 47.6 Å². The van der Waals surface area contributed by atoms with Gasteiger partial charge in [-0.15, -0.1) is 0 Å². The number of nitrogens with one attached hydrogen (secondary N) is 2. The summed E-state index contributed by atoms with van der Waals surface area (Å²) in [5, 5.41) is 6.49. The normalized spacial score (nSPS) is 19.8. The maximum atomic E-state index is 12.5. The van der Waals surface area contributed by atoms with Crippen LogP contribution in [0.4, 0.5) is 5.82 Å². The summed E-state index contributed by atoms with van der Waals surface area (Å²) in [6, 6.07) is 10.7. The molecule has 2 aromatic rings. The summed E-state index contributed by atoms with van der Waals surface area (Å²) in [7, 11) is 0. The van der Waals surface area contributed by atoms with Crippen LogP contribution < -0.4 is 15.4 Å². The summed E-state index contributed by atoms with van der Waals surface area (Å²) < 4.78 is 6.25. The van der Waals surface area contributed by atoms with Gasteiger partial charge in [0.2, 0.25) is 5.91 Å². The van der Waals surface area contributed by atoms with Gasteiger partial charge in [-0.2, -0.15) is 0 Å². The van der Waals surface area contributed by atoms with E-state index in [4.69, 9.17) is 4.74 Å². The molecule has 0 atom stereocenters. The molecule has 0 bridgehead atoms. The van der Waals surface area contributed by atoms with Crippen LogP contribution in [-0.2, 0) is 30.6 Å². The van der Waals surface area contributed by atoms with Gasteiger partial charge in [0.1, 0.15) is 17.2 Å². The summed E-state index contributed by atoms with van der Waals surface area (Å²) >= 11 is 0. The summed E-state index contributed by atoms with van der Waals surface area (Å²) in [4.78, 5) is 19.7. The number of carbonyl (C=O) groups is 1. The van der Waals surface area contributed by atoms with E-state index < -0.39 is 0 Å². The third-order valence-corrected chi connectivity index (χ3v) is 7.16. The molecule has 1 aromatic heterocycles. The average molecular weight is 449 g/mol. The van der Waals surface area contributed by atoms with Crippen LogP contribution in [0.25, 0.3) is 0 Å². The number of likely N-dealkylation sites (tertiary alicyclic amines) is 1. The van der Waals surface area contributed by atoms with Gasteiger partial charge < -0.3 is 15.4 Å². The number of benzene rings is 1. The average Bonchev–Trinajstić information content (AvgIpc) is 3.13. The number of pyridine rings is 1. The minimum atomic E-state index is -0.102. The predicted octanol–water partition coefficient (Wildman–Crippen LogP) is 3.72. The first-order valence-corrected chi connectivity index (χ1v) is 12.5. The van der Waals surface area contributed by atoms with E-state index in [1.54, 1.807) is 0 Å². The maximum Gasteiger partial charge on any atom is 0.226 e. The standard InChI is InChI=1S/C27H36N4O2/c1-27(2)16-21-5-3-6-22(25(21)33-27)18-31-13-10-19(11-14-31)17-29-24(32)15-23-9-8-20-7-4-12-28-26(20)30-23/h3,5-6,8-9,19H,4,7,10-18H2,1-2H3,(H,28,30)(H,29,32). The minimum Gasteiger partial charge on any atom is -0.487 e. The molecular formula is C27H36N4O2. The fourth-order valence-corrected chi connectivity index (χ4v) is 5.35.